The van der Waals surface area contributed by atoms with E-state index in [1.54, 1.807) is 0 Å². The molecule has 0 saturated heterocycles. The number of thiol groups is 2. The minimum Gasteiger partial charge on any atom is -0.175 e. The summed E-state index contributed by atoms with van der Waals surface area (Å²) in [4.78, 5) is 0. The zero-order valence-corrected chi connectivity index (χ0v) is 10.2. The highest BCUT2D eigenvalue weighted by molar-refractivity contribution is 8.02. The van der Waals surface area contributed by atoms with E-state index in [2.05, 4.69) is 53.0 Å². The van der Waals surface area contributed by atoms with E-state index in [-0.39, 0.29) is 0 Å². The Morgan fingerprint density at radius 3 is 1.27 bits per heavy atom. The standard InChI is InChI=1S/C8H18S3/c1-5(9)7(3)11-8(4)6(2)10/h5-10H,1-4H3. The van der Waals surface area contributed by atoms with Gasteiger partial charge < -0.3 is 0 Å². The largest absolute Gasteiger partial charge is 0.175 e. The average Bonchev–Trinajstić information content (AvgIpc) is 1.87. The van der Waals surface area contributed by atoms with Crippen LogP contribution in [0.15, 0.2) is 0 Å². The second-order valence-electron chi connectivity index (χ2n) is 3.03. The fourth-order valence-corrected chi connectivity index (χ4v) is 2.12. The first-order chi connectivity index (χ1) is 4.95. The Morgan fingerprint density at radius 2 is 1.09 bits per heavy atom. The molecule has 0 spiro atoms. The highest BCUT2D eigenvalue weighted by Crippen LogP contribution is 2.26. The molecule has 4 unspecified atom stereocenters. The lowest BCUT2D eigenvalue weighted by molar-refractivity contribution is 0.887. The molecule has 4 atom stereocenters. The zero-order chi connectivity index (χ0) is 9.02. The fraction of sp³-hybridized carbons (Fsp3) is 1.00. The maximum atomic E-state index is 4.39. The molecular weight excluding hydrogens is 192 g/mol. The summed E-state index contributed by atoms with van der Waals surface area (Å²) in [6, 6.07) is 0. The molecule has 0 saturated carbocycles. The minimum absolute atomic E-state index is 0.467. The molecule has 0 N–H and O–H groups in total. The van der Waals surface area contributed by atoms with Gasteiger partial charge in [0.15, 0.2) is 0 Å². The van der Waals surface area contributed by atoms with Gasteiger partial charge in [-0.15, -0.1) is 0 Å². The summed E-state index contributed by atoms with van der Waals surface area (Å²) >= 11 is 10.7. The Morgan fingerprint density at radius 1 is 0.818 bits per heavy atom. The summed E-state index contributed by atoms with van der Waals surface area (Å²) in [6.45, 7) is 8.71. The molecule has 0 radical (unpaired) electrons. The number of hydrogen-bond donors (Lipinski definition) is 2. The minimum atomic E-state index is 0.467. The van der Waals surface area contributed by atoms with Crippen molar-refractivity contribution < 1.29 is 0 Å². The van der Waals surface area contributed by atoms with Crippen molar-refractivity contribution in [2.75, 3.05) is 0 Å². The summed E-state index contributed by atoms with van der Waals surface area (Å²) in [7, 11) is 0. The molecule has 68 valence electrons. The third kappa shape index (κ3) is 5.31. The molecule has 0 aliphatic carbocycles. The molecule has 0 aliphatic rings. The van der Waals surface area contributed by atoms with Crippen LogP contribution in [0.5, 0.6) is 0 Å². The van der Waals surface area contributed by atoms with Gasteiger partial charge in [0.2, 0.25) is 0 Å². The highest BCUT2D eigenvalue weighted by Gasteiger charge is 2.15. The van der Waals surface area contributed by atoms with Crippen molar-refractivity contribution in [3.05, 3.63) is 0 Å². The number of hydrogen-bond acceptors (Lipinski definition) is 3. The molecule has 0 aromatic carbocycles. The van der Waals surface area contributed by atoms with Gasteiger partial charge in [0.05, 0.1) is 0 Å². The Kier molecular flexibility index (Phi) is 6.19. The summed E-state index contributed by atoms with van der Waals surface area (Å²) in [5.41, 5.74) is 0. The summed E-state index contributed by atoms with van der Waals surface area (Å²) < 4.78 is 0. The molecule has 0 aromatic rings. The fourth-order valence-electron chi connectivity index (χ4n) is 0.566. The Balaban J connectivity index is 3.66. The van der Waals surface area contributed by atoms with E-state index in [0.717, 1.165) is 0 Å². The summed E-state index contributed by atoms with van der Waals surface area (Å²) in [5, 5.41) is 2.16. The van der Waals surface area contributed by atoms with Crippen LogP contribution in [0.1, 0.15) is 27.7 Å². The van der Waals surface area contributed by atoms with Gasteiger partial charge in [0.1, 0.15) is 0 Å². The Bertz CT molecular complexity index is 89.5. The first kappa shape index (κ1) is 12.0. The molecule has 0 nitrogen and oxygen atoms in total. The third-order valence-corrected chi connectivity index (χ3v) is 4.76. The zero-order valence-electron chi connectivity index (χ0n) is 7.61. The van der Waals surface area contributed by atoms with Crippen LogP contribution in [0.25, 0.3) is 0 Å². The third-order valence-electron chi connectivity index (χ3n) is 1.79. The second-order valence-corrected chi connectivity index (χ2v) is 6.42. The normalized spacial score (nSPS) is 22.4. The van der Waals surface area contributed by atoms with Gasteiger partial charge in [-0.3, -0.25) is 0 Å². The van der Waals surface area contributed by atoms with Crippen molar-refractivity contribution in [2.45, 2.75) is 48.7 Å². The topological polar surface area (TPSA) is 0 Å². The van der Waals surface area contributed by atoms with Gasteiger partial charge in [0.25, 0.3) is 0 Å². The predicted molar refractivity (Wildman–Crippen MR) is 63.4 cm³/mol. The molecule has 0 rings (SSSR count). The second kappa shape index (κ2) is 5.65. The van der Waals surface area contributed by atoms with Crippen molar-refractivity contribution in [2.24, 2.45) is 0 Å². The maximum absolute atomic E-state index is 4.39. The van der Waals surface area contributed by atoms with Crippen molar-refractivity contribution in [1.82, 2.24) is 0 Å². The van der Waals surface area contributed by atoms with E-state index in [4.69, 9.17) is 0 Å². The van der Waals surface area contributed by atoms with Gasteiger partial charge in [-0.2, -0.15) is 37.0 Å². The average molecular weight is 210 g/mol. The number of rotatable bonds is 4. The van der Waals surface area contributed by atoms with Crippen LogP contribution in [0.3, 0.4) is 0 Å². The van der Waals surface area contributed by atoms with Crippen LogP contribution in [0, 0.1) is 0 Å². The maximum Gasteiger partial charge on any atom is 0.0136 e. The van der Waals surface area contributed by atoms with Crippen molar-refractivity contribution in [3.8, 4) is 0 Å². The van der Waals surface area contributed by atoms with E-state index in [1.165, 1.54) is 0 Å². The van der Waals surface area contributed by atoms with Crippen molar-refractivity contribution in [3.63, 3.8) is 0 Å². The van der Waals surface area contributed by atoms with E-state index in [9.17, 15) is 0 Å². The lowest BCUT2D eigenvalue weighted by Crippen LogP contribution is -2.18. The van der Waals surface area contributed by atoms with Crippen LogP contribution >= 0.6 is 37.0 Å². The Hall–Kier alpha value is 1.05. The molecule has 0 bridgehead atoms. The van der Waals surface area contributed by atoms with E-state index in [1.807, 2.05) is 11.8 Å². The predicted octanol–water partition coefficient (Wildman–Crippen LogP) is 3.13. The highest BCUT2D eigenvalue weighted by atomic mass is 32.2. The quantitative estimate of drug-likeness (QED) is 0.672. The molecule has 0 aliphatic heterocycles. The molecule has 3 heteroatoms. The molecule has 0 amide bonds. The van der Waals surface area contributed by atoms with Crippen molar-refractivity contribution >= 4 is 37.0 Å². The lowest BCUT2D eigenvalue weighted by Gasteiger charge is -2.21. The van der Waals surface area contributed by atoms with E-state index in [0.29, 0.717) is 21.0 Å². The van der Waals surface area contributed by atoms with Crippen LogP contribution in [-0.4, -0.2) is 21.0 Å². The monoisotopic (exact) mass is 210 g/mol. The van der Waals surface area contributed by atoms with Crippen LogP contribution < -0.4 is 0 Å². The Labute approximate surface area is 85.7 Å². The first-order valence-corrected chi connectivity index (χ1v) is 5.94. The van der Waals surface area contributed by atoms with Gasteiger partial charge in [-0.25, -0.2) is 0 Å². The van der Waals surface area contributed by atoms with E-state index < -0.39 is 0 Å². The van der Waals surface area contributed by atoms with Gasteiger partial charge in [-0.1, -0.05) is 27.7 Å². The molecular formula is C8H18S3. The molecule has 0 fully saturated rings. The number of thioether (sulfide) groups is 1. The van der Waals surface area contributed by atoms with E-state index >= 15 is 0 Å². The molecule has 0 aromatic heterocycles. The molecule has 11 heavy (non-hydrogen) atoms. The lowest BCUT2D eigenvalue weighted by atomic mass is 10.3. The van der Waals surface area contributed by atoms with Crippen molar-refractivity contribution in [1.29, 1.82) is 0 Å². The van der Waals surface area contributed by atoms with Gasteiger partial charge in [0, 0.05) is 21.0 Å². The van der Waals surface area contributed by atoms with Crippen LogP contribution in [0.4, 0.5) is 0 Å². The van der Waals surface area contributed by atoms with Crippen LogP contribution in [0.2, 0.25) is 0 Å². The first-order valence-electron chi connectivity index (χ1n) is 3.96. The van der Waals surface area contributed by atoms with Crippen LogP contribution in [-0.2, 0) is 0 Å². The SMILES string of the molecule is CC(S)C(C)SC(C)C(C)S. The summed E-state index contributed by atoms with van der Waals surface area (Å²) in [5.74, 6) is 0. The van der Waals surface area contributed by atoms with Gasteiger partial charge in [-0.05, 0) is 0 Å². The van der Waals surface area contributed by atoms with Gasteiger partial charge >= 0.3 is 0 Å². The molecule has 0 heterocycles. The summed E-state index contributed by atoms with van der Waals surface area (Å²) in [6.07, 6.45) is 0. The smallest absolute Gasteiger partial charge is 0.0136 e.